The Hall–Kier alpha value is -2.92. The average molecular weight is 360 g/mol. The Balaban J connectivity index is 1.61. The summed E-state index contributed by atoms with van der Waals surface area (Å²) in [6.07, 6.45) is 0. The molecule has 5 heteroatoms. The first kappa shape index (κ1) is 17.5. The first-order valence-electron chi connectivity index (χ1n) is 9.34. The number of morpholine rings is 1. The van der Waals surface area contributed by atoms with Crippen LogP contribution in [0.1, 0.15) is 11.1 Å². The summed E-state index contributed by atoms with van der Waals surface area (Å²) in [6.45, 7) is 5.89. The molecule has 0 unspecified atom stereocenters. The van der Waals surface area contributed by atoms with Gasteiger partial charge in [-0.05, 0) is 12.5 Å². The van der Waals surface area contributed by atoms with Crippen LogP contribution >= 0.6 is 0 Å². The number of nitrogens with one attached hydrogen (secondary N) is 1. The van der Waals surface area contributed by atoms with Gasteiger partial charge < -0.3 is 15.0 Å². The summed E-state index contributed by atoms with van der Waals surface area (Å²) in [5.41, 5.74) is 4.52. The molecule has 1 aliphatic rings. The van der Waals surface area contributed by atoms with Gasteiger partial charge >= 0.3 is 0 Å². The van der Waals surface area contributed by atoms with Crippen LogP contribution in [0.15, 0.2) is 60.7 Å². The Morgan fingerprint density at radius 2 is 1.70 bits per heavy atom. The highest BCUT2D eigenvalue weighted by Crippen LogP contribution is 2.23. The standard InChI is InChI=1S/C22H24N4O/c1-17-7-9-18(10-8-17)16-23-21-15-20(19-5-3-2-4-6-19)24-22(25-21)26-11-13-27-14-12-26/h2-10,15H,11-14,16H2,1H3,(H,23,24,25). The molecule has 2 aromatic carbocycles. The van der Waals surface area contributed by atoms with Crippen LogP contribution in [-0.4, -0.2) is 36.3 Å². The lowest BCUT2D eigenvalue weighted by Crippen LogP contribution is -2.37. The molecule has 2 heterocycles. The number of rotatable bonds is 5. The van der Waals surface area contributed by atoms with Crippen molar-refractivity contribution in [2.75, 3.05) is 36.5 Å². The molecule has 0 radical (unpaired) electrons. The Labute approximate surface area is 160 Å². The van der Waals surface area contributed by atoms with Crippen molar-refractivity contribution in [3.05, 3.63) is 71.8 Å². The summed E-state index contributed by atoms with van der Waals surface area (Å²) in [4.78, 5) is 11.8. The molecule has 3 aromatic rings. The quantitative estimate of drug-likeness (QED) is 0.748. The number of anilines is 2. The number of hydrogen-bond acceptors (Lipinski definition) is 5. The van der Waals surface area contributed by atoms with Crippen LogP contribution in [0.3, 0.4) is 0 Å². The van der Waals surface area contributed by atoms with Crippen molar-refractivity contribution in [1.82, 2.24) is 9.97 Å². The zero-order chi connectivity index (χ0) is 18.5. The molecule has 27 heavy (non-hydrogen) atoms. The molecule has 0 saturated carbocycles. The zero-order valence-electron chi connectivity index (χ0n) is 15.6. The van der Waals surface area contributed by atoms with Crippen molar-refractivity contribution in [1.29, 1.82) is 0 Å². The van der Waals surface area contributed by atoms with Gasteiger partial charge in [-0.25, -0.2) is 4.98 Å². The predicted molar refractivity (Wildman–Crippen MR) is 109 cm³/mol. The van der Waals surface area contributed by atoms with Crippen molar-refractivity contribution in [2.45, 2.75) is 13.5 Å². The summed E-state index contributed by atoms with van der Waals surface area (Å²) in [5, 5.41) is 3.46. The van der Waals surface area contributed by atoms with Crippen molar-refractivity contribution < 1.29 is 4.74 Å². The number of aromatic nitrogens is 2. The molecule has 4 rings (SSSR count). The second kappa shape index (κ2) is 8.18. The molecular formula is C22H24N4O. The van der Waals surface area contributed by atoms with E-state index in [1.54, 1.807) is 0 Å². The summed E-state index contributed by atoms with van der Waals surface area (Å²) in [5.74, 6) is 1.59. The van der Waals surface area contributed by atoms with E-state index in [2.05, 4.69) is 53.5 Å². The maximum atomic E-state index is 5.47. The van der Waals surface area contributed by atoms with Gasteiger partial charge in [0.1, 0.15) is 5.82 Å². The minimum atomic E-state index is 0.713. The fraction of sp³-hybridized carbons (Fsp3) is 0.273. The first-order chi connectivity index (χ1) is 13.3. The second-order valence-corrected chi connectivity index (χ2v) is 6.74. The highest BCUT2D eigenvalue weighted by Gasteiger charge is 2.16. The van der Waals surface area contributed by atoms with Crippen LogP contribution in [0.25, 0.3) is 11.3 Å². The predicted octanol–water partition coefficient (Wildman–Crippen LogP) is 3.90. The molecule has 0 spiro atoms. The Bertz CT molecular complexity index is 875. The molecule has 1 N–H and O–H groups in total. The Morgan fingerprint density at radius 3 is 2.44 bits per heavy atom. The van der Waals surface area contributed by atoms with Gasteiger partial charge in [0, 0.05) is 31.3 Å². The minimum absolute atomic E-state index is 0.713. The molecule has 0 atom stereocenters. The third kappa shape index (κ3) is 4.44. The lowest BCUT2D eigenvalue weighted by atomic mass is 10.1. The van der Waals surface area contributed by atoms with Crippen molar-refractivity contribution >= 4 is 11.8 Å². The SMILES string of the molecule is Cc1ccc(CNc2cc(-c3ccccc3)nc(N3CCOCC3)n2)cc1. The van der Waals surface area contributed by atoms with E-state index in [1.807, 2.05) is 24.3 Å². The molecule has 138 valence electrons. The van der Waals surface area contributed by atoms with Crippen molar-refractivity contribution in [3.63, 3.8) is 0 Å². The van der Waals surface area contributed by atoms with Gasteiger partial charge in [0.15, 0.2) is 0 Å². The monoisotopic (exact) mass is 360 g/mol. The topological polar surface area (TPSA) is 50.3 Å². The van der Waals surface area contributed by atoms with Gasteiger partial charge in [-0.15, -0.1) is 0 Å². The number of nitrogens with zero attached hydrogens (tertiary/aromatic N) is 3. The maximum absolute atomic E-state index is 5.47. The van der Waals surface area contributed by atoms with Crippen LogP contribution in [0.5, 0.6) is 0 Å². The summed E-state index contributed by atoms with van der Waals surface area (Å²) in [7, 11) is 0. The third-order valence-corrected chi connectivity index (χ3v) is 4.67. The highest BCUT2D eigenvalue weighted by atomic mass is 16.5. The van der Waals surface area contributed by atoms with E-state index in [9.17, 15) is 0 Å². The number of aryl methyl sites for hydroxylation is 1. The van der Waals surface area contributed by atoms with Gasteiger partial charge in [0.05, 0.1) is 18.9 Å². The van der Waals surface area contributed by atoms with E-state index in [-0.39, 0.29) is 0 Å². The minimum Gasteiger partial charge on any atom is -0.378 e. The van der Waals surface area contributed by atoms with E-state index < -0.39 is 0 Å². The second-order valence-electron chi connectivity index (χ2n) is 6.74. The van der Waals surface area contributed by atoms with E-state index in [0.29, 0.717) is 13.2 Å². The molecule has 1 fully saturated rings. The van der Waals surface area contributed by atoms with Crippen molar-refractivity contribution in [3.8, 4) is 11.3 Å². The van der Waals surface area contributed by atoms with E-state index in [4.69, 9.17) is 14.7 Å². The largest absolute Gasteiger partial charge is 0.378 e. The first-order valence-corrected chi connectivity index (χ1v) is 9.34. The van der Waals surface area contributed by atoms with Crippen LogP contribution in [0.4, 0.5) is 11.8 Å². The van der Waals surface area contributed by atoms with Crippen LogP contribution < -0.4 is 10.2 Å². The van der Waals surface area contributed by atoms with E-state index >= 15 is 0 Å². The average Bonchev–Trinajstić information content (AvgIpc) is 2.74. The van der Waals surface area contributed by atoms with Crippen LogP contribution in [-0.2, 0) is 11.3 Å². The number of hydrogen-bond donors (Lipinski definition) is 1. The number of ether oxygens (including phenoxy) is 1. The van der Waals surface area contributed by atoms with Crippen molar-refractivity contribution in [2.24, 2.45) is 0 Å². The molecule has 0 aliphatic carbocycles. The number of benzene rings is 2. The van der Waals surface area contributed by atoms with E-state index in [1.165, 1.54) is 11.1 Å². The van der Waals surface area contributed by atoms with Gasteiger partial charge in [0.25, 0.3) is 0 Å². The fourth-order valence-electron chi connectivity index (χ4n) is 3.09. The lowest BCUT2D eigenvalue weighted by molar-refractivity contribution is 0.122. The Morgan fingerprint density at radius 1 is 0.963 bits per heavy atom. The van der Waals surface area contributed by atoms with E-state index in [0.717, 1.165) is 42.7 Å². The molecule has 0 bridgehead atoms. The zero-order valence-corrected chi connectivity index (χ0v) is 15.6. The molecule has 1 aliphatic heterocycles. The van der Waals surface area contributed by atoms with Crippen LogP contribution in [0, 0.1) is 6.92 Å². The van der Waals surface area contributed by atoms with Gasteiger partial charge in [-0.2, -0.15) is 4.98 Å². The normalized spacial score (nSPS) is 14.2. The molecular weight excluding hydrogens is 336 g/mol. The van der Waals surface area contributed by atoms with Gasteiger partial charge in [-0.3, -0.25) is 0 Å². The molecule has 1 aromatic heterocycles. The molecule has 5 nitrogen and oxygen atoms in total. The third-order valence-electron chi connectivity index (χ3n) is 4.67. The smallest absolute Gasteiger partial charge is 0.228 e. The molecule has 1 saturated heterocycles. The maximum Gasteiger partial charge on any atom is 0.228 e. The van der Waals surface area contributed by atoms with Crippen LogP contribution in [0.2, 0.25) is 0 Å². The highest BCUT2D eigenvalue weighted by molar-refractivity contribution is 5.64. The fourth-order valence-corrected chi connectivity index (χ4v) is 3.09. The summed E-state index contributed by atoms with van der Waals surface area (Å²) < 4.78 is 5.47. The van der Waals surface area contributed by atoms with Gasteiger partial charge in [-0.1, -0.05) is 60.2 Å². The molecule has 0 amide bonds. The Kier molecular flexibility index (Phi) is 5.30. The summed E-state index contributed by atoms with van der Waals surface area (Å²) >= 11 is 0. The van der Waals surface area contributed by atoms with Gasteiger partial charge in [0.2, 0.25) is 5.95 Å². The summed E-state index contributed by atoms with van der Waals surface area (Å²) in [6, 6.07) is 20.8. The lowest BCUT2D eigenvalue weighted by Gasteiger charge is -2.27.